The molecule has 0 atom stereocenters. The minimum absolute atomic E-state index is 0.204. The molecule has 1 rings (SSSR count). The molecule has 1 aromatic rings. The second-order valence-electron chi connectivity index (χ2n) is 2.51. The highest BCUT2D eigenvalue weighted by Crippen LogP contribution is 1.92. The average Bonchev–Trinajstić information content (AvgIpc) is 2.57. The summed E-state index contributed by atoms with van der Waals surface area (Å²) in [6, 6.07) is 3.27. The Balaban J connectivity index is 0.000000217. The number of carbonyl (C=O) groups is 2. The van der Waals surface area contributed by atoms with E-state index < -0.39 is 0 Å². The molecule has 0 bridgehead atoms. The maximum atomic E-state index is 9.77. The zero-order valence-electron chi connectivity index (χ0n) is 7.19. The van der Waals surface area contributed by atoms with E-state index in [-0.39, 0.29) is 5.92 Å². The summed E-state index contributed by atoms with van der Waals surface area (Å²) in [5.74, 6) is 0.579. The van der Waals surface area contributed by atoms with Gasteiger partial charge in [-0.3, -0.25) is 4.79 Å². The minimum atomic E-state index is 0.204. The van der Waals surface area contributed by atoms with E-state index in [1.165, 1.54) is 6.26 Å². The molecule has 0 aliphatic carbocycles. The summed E-state index contributed by atoms with van der Waals surface area (Å²) in [5.41, 5.74) is 0. The van der Waals surface area contributed by atoms with E-state index in [1.54, 1.807) is 12.1 Å². The van der Waals surface area contributed by atoms with E-state index in [4.69, 9.17) is 0 Å². The van der Waals surface area contributed by atoms with Crippen LogP contribution in [0.3, 0.4) is 0 Å². The zero-order chi connectivity index (χ0) is 9.40. The summed E-state index contributed by atoms with van der Waals surface area (Å²) in [6.45, 7) is 3.71. The van der Waals surface area contributed by atoms with Gasteiger partial charge in [-0.2, -0.15) is 0 Å². The first-order valence-corrected chi connectivity index (χ1v) is 3.64. The lowest BCUT2D eigenvalue weighted by Gasteiger charge is -1.78. The van der Waals surface area contributed by atoms with Crippen molar-refractivity contribution in [2.75, 3.05) is 0 Å². The number of hydrogen-bond donors (Lipinski definition) is 0. The first kappa shape index (κ1) is 10.6. The Morgan fingerprint density at radius 2 is 2.00 bits per heavy atom. The molecule has 0 radical (unpaired) electrons. The monoisotopic (exact) mass is 168 g/mol. The van der Waals surface area contributed by atoms with Crippen molar-refractivity contribution in [3.63, 3.8) is 0 Å². The molecule has 12 heavy (non-hydrogen) atoms. The molecule has 0 aromatic carbocycles. The molecule has 0 amide bonds. The first-order chi connectivity index (χ1) is 5.70. The van der Waals surface area contributed by atoms with Crippen molar-refractivity contribution in [2.45, 2.75) is 13.8 Å². The molecule has 0 N–H and O–H groups in total. The Kier molecular flexibility index (Phi) is 5.61. The van der Waals surface area contributed by atoms with Gasteiger partial charge in [0.2, 0.25) is 0 Å². The highest BCUT2D eigenvalue weighted by molar-refractivity contribution is 5.69. The van der Waals surface area contributed by atoms with Crippen LogP contribution >= 0.6 is 0 Å². The van der Waals surface area contributed by atoms with Crippen LogP contribution in [0.4, 0.5) is 0 Å². The van der Waals surface area contributed by atoms with Crippen LogP contribution in [0.2, 0.25) is 0 Å². The first-order valence-electron chi connectivity index (χ1n) is 3.64. The van der Waals surface area contributed by atoms with Crippen molar-refractivity contribution in [3.05, 3.63) is 24.2 Å². The Hall–Kier alpha value is -1.38. The van der Waals surface area contributed by atoms with Gasteiger partial charge in [0.25, 0.3) is 0 Å². The number of carbonyl (C=O) groups excluding carboxylic acids is 2. The van der Waals surface area contributed by atoms with Crippen molar-refractivity contribution in [1.82, 2.24) is 0 Å². The maximum Gasteiger partial charge on any atom is 0.185 e. The van der Waals surface area contributed by atoms with Gasteiger partial charge in [0.15, 0.2) is 12.0 Å². The highest BCUT2D eigenvalue weighted by atomic mass is 16.3. The lowest BCUT2D eigenvalue weighted by Crippen LogP contribution is -1.82. The molecule has 3 nitrogen and oxygen atoms in total. The van der Waals surface area contributed by atoms with Gasteiger partial charge in [0.1, 0.15) is 6.29 Å². The molecule has 0 fully saturated rings. The predicted octanol–water partition coefficient (Wildman–Crippen LogP) is 1.93. The fraction of sp³-hybridized carbons (Fsp3) is 0.333. The quantitative estimate of drug-likeness (QED) is 0.634. The minimum Gasteiger partial charge on any atom is -0.462 e. The van der Waals surface area contributed by atoms with Crippen LogP contribution in [-0.4, -0.2) is 12.6 Å². The number of aldehydes is 2. The van der Waals surface area contributed by atoms with Gasteiger partial charge in [-0.1, -0.05) is 13.8 Å². The average molecular weight is 168 g/mol. The number of rotatable bonds is 2. The number of furan rings is 1. The molecule has 1 heterocycles. The molecule has 3 heteroatoms. The van der Waals surface area contributed by atoms with Crippen LogP contribution in [0, 0.1) is 5.92 Å². The molecule has 0 saturated heterocycles. The van der Waals surface area contributed by atoms with E-state index >= 15 is 0 Å². The van der Waals surface area contributed by atoms with Crippen molar-refractivity contribution in [2.24, 2.45) is 5.92 Å². The summed E-state index contributed by atoms with van der Waals surface area (Å²) in [6.07, 6.45) is 3.05. The zero-order valence-corrected chi connectivity index (χ0v) is 7.19. The molecule has 0 spiro atoms. The van der Waals surface area contributed by atoms with Gasteiger partial charge >= 0.3 is 0 Å². The van der Waals surface area contributed by atoms with E-state index in [0.717, 1.165) is 6.29 Å². The molecule has 0 unspecified atom stereocenters. The van der Waals surface area contributed by atoms with Crippen LogP contribution in [0.15, 0.2) is 22.8 Å². The van der Waals surface area contributed by atoms with Gasteiger partial charge in [0.05, 0.1) is 6.26 Å². The van der Waals surface area contributed by atoms with Gasteiger partial charge < -0.3 is 9.21 Å². The Morgan fingerprint density at radius 3 is 2.17 bits per heavy atom. The summed E-state index contributed by atoms with van der Waals surface area (Å²) in [5, 5.41) is 0. The predicted molar refractivity (Wildman–Crippen MR) is 45.0 cm³/mol. The third-order valence-electron chi connectivity index (χ3n) is 0.932. The third-order valence-corrected chi connectivity index (χ3v) is 0.932. The third kappa shape index (κ3) is 5.41. The fourth-order valence-electron chi connectivity index (χ4n) is 0.358. The van der Waals surface area contributed by atoms with E-state index in [2.05, 4.69) is 4.42 Å². The highest BCUT2D eigenvalue weighted by Gasteiger charge is 1.84. The SMILES string of the molecule is CC(C)C=O.O=Cc1ccco1. The molecule has 66 valence electrons. The van der Waals surface area contributed by atoms with Crippen molar-refractivity contribution >= 4 is 12.6 Å². The van der Waals surface area contributed by atoms with Crippen molar-refractivity contribution in [3.8, 4) is 0 Å². The lowest BCUT2D eigenvalue weighted by molar-refractivity contribution is -0.110. The standard InChI is InChI=1S/C5H4O2.C4H8O/c6-4-5-2-1-3-7-5;1-4(2)3-5/h1-4H;3-4H,1-2H3. The summed E-state index contributed by atoms with van der Waals surface area (Å²) in [7, 11) is 0. The van der Waals surface area contributed by atoms with Crippen LogP contribution in [0.25, 0.3) is 0 Å². The Morgan fingerprint density at radius 1 is 1.42 bits per heavy atom. The van der Waals surface area contributed by atoms with Crippen molar-refractivity contribution in [1.29, 1.82) is 0 Å². The van der Waals surface area contributed by atoms with Crippen LogP contribution in [0.1, 0.15) is 24.4 Å². The lowest BCUT2D eigenvalue weighted by atomic mass is 10.3. The topological polar surface area (TPSA) is 47.3 Å². The van der Waals surface area contributed by atoms with E-state index in [1.807, 2.05) is 13.8 Å². The van der Waals surface area contributed by atoms with Crippen LogP contribution in [0.5, 0.6) is 0 Å². The van der Waals surface area contributed by atoms with Crippen molar-refractivity contribution < 1.29 is 14.0 Å². The normalized spacial score (nSPS) is 8.58. The molecular formula is C9H12O3. The van der Waals surface area contributed by atoms with Gasteiger partial charge in [-0.05, 0) is 12.1 Å². The van der Waals surface area contributed by atoms with Gasteiger partial charge in [0, 0.05) is 5.92 Å². The molecular weight excluding hydrogens is 156 g/mol. The smallest absolute Gasteiger partial charge is 0.185 e. The van der Waals surface area contributed by atoms with E-state index in [0.29, 0.717) is 12.0 Å². The second kappa shape index (κ2) is 6.34. The van der Waals surface area contributed by atoms with Gasteiger partial charge in [-0.15, -0.1) is 0 Å². The second-order valence-corrected chi connectivity index (χ2v) is 2.51. The van der Waals surface area contributed by atoms with Crippen LogP contribution < -0.4 is 0 Å². The van der Waals surface area contributed by atoms with Gasteiger partial charge in [-0.25, -0.2) is 0 Å². The molecule has 1 aromatic heterocycles. The Bertz CT molecular complexity index is 212. The van der Waals surface area contributed by atoms with E-state index in [9.17, 15) is 9.59 Å². The summed E-state index contributed by atoms with van der Waals surface area (Å²) in [4.78, 5) is 19.3. The number of hydrogen-bond acceptors (Lipinski definition) is 3. The summed E-state index contributed by atoms with van der Waals surface area (Å²) < 4.78 is 4.61. The Labute approximate surface area is 71.4 Å². The molecule has 0 aliphatic heterocycles. The maximum absolute atomic E-state index is 9.77. The summed E-state index contributed by atoms with van der Waals surface area (Å²) >= 11 is 0. The fourth-order valence-corrected chi connectivity index (χ4v) is 0.358. The van der Waals surface area contributed by atoms with Crippen LogP contribution in [-0.2, 0) is 4.79 Å². The molecule has 0 saturated carbocycles. The molecule has 0 aliphatic rings. The largest absolute Gasteiger partial charge is 0.462 e.